The third-order valence-corrected chi connectivity index (χ3v) is 6.63. The Bertz CT molecular complexity index is 907. The highest BCUT2D eigenvalue weighted by Crippen LogP contribution is 2.18. The molecule has 1 aliphatic heterocycles. The Hall–Kier alpha value is -1.97. The van der Waals surface area contributed by atoms with Gasteiger partial charge >= 0.3 is 0 Å². The van der Waals surface area contributed by atoms with Crippen LogP contribution >= 0.6 is 0 Å². The number of aromatic nitrogens is 2. The van der Waals surface area contributed by atoms with Crippen LogP contribution in [0.25, 0.3) is 11.0 Å². The first-order valence-corrected chi connectivity index (χ1v) is 10.1. The zero-order chi connectivity index (χ0) is 18.9. The Morgan fingerprint density at radius 1 is 1.35 bits per heavy atom. The van der Waals surface area contributed by atoms with E-state index in [1.54, 1.807) is 0 Å². The predicted molar refractivity (Wildman–Crippen MR) is 98.2 cm³/mol. The number of hydrogen-bond donors (Lipinski definition) is 1. The Morgan fingerprint density at radius 3 is 2.81 bits per heavy atom. The lowest BCUT2D eigenvalue weighted by Crippen LogP contribution is -2.44. The summed E-state index contributed by atoms with van der Waals surface area (Å²) in [6.45, 7) is 2.64. The number of fused-ring (bicyclic) bond motifs is 1. The van der Waals surface area contributed by atoms with E-state index in [9.17, 15) is 13.2 Å². The SMILES string of the molecule is Cc1nc2ccccc2n1CC(=O)N[C@H]1COC[C@H]1CS(=O)(=O)N(C)C. The molecule has 0 bridgehead atoms. The molecule has 3 rings (SSSR count). The van der Waals surface area contributed by atoms with Crippen LogP contribution in [0.4, 0.5) is 0 Å². The summed E-state index contributed by atoms with van der Waals surface area (Å²) in [5.74, 6) is 0.277. The van der Waals surface area contributed by atoms with Gasteiger partial charge in [0.1, 0.15) is 12.4 Å². The number of carbonyl (C=O) groups excluding carboxylic acids is 1. The smallest absolute Gasteiger partial charge is 0.240 e. The van der Waals surface area contributed by atoms with Crippen LogP contribution in [-0.2, 0) is 26.1 Å². The molecule has 26 heavy (non-hydrogen) atoms. The monoisotopic (exact) mass is 380 g/mol. The minimum Gasteiger partial charge on any atom is -0.379 e. The van der Waals surface area contributed by atoms with Gasteiger partial charge in [-0.1, -0.05) is 12.1 Å². The third-order valence-electron chi connectivity index (χ3n) is 4.67. The summed E-state index contributed by atoms with van der Waals surface area (Å²) in [6.07, 6.45) is 0. The van der Waals surface area contributed by atoms with E-state index >= 15 is 0 Å². The Labute approximate surface area is 153 Å². The number of hydrogen-bond acceptors (Lipinski definition) is 5. The van der Waals surface area contributed by atoms with Crippen LogP contribution in [0, 0.1) is 12.8 Å². The number of imidazole rings is 1. The molecule has 1 N–H and O–H groups in total. The topological polar surface area (TPSA) is 93.5 Å². The molecule has 1 aromatic carbocycles. The molecular formula is C17H24N4O4S. The lowest BCUT2D eigenvalue weighted by atomic mass is 10.1. The molecule has 8 nitrogen and oxygen atoms in total. The number of para-hydroxylation sites is 2. The molecule has 2 atom stereocenters. The van der Waals surface area contributed by atoms with Gasteiger partial charge in [0.15, 0.2) is 0 Å². The summed E-state index contributed by atoms with van der Waals surface area (Å²) < 4.78 is 32.7. The molecule has 1 aliphatic rings. The first-order valence-electron chi connectivity index (χ1n) is 8.47. The Kier molecular flexibility index (Phi) is 5.31. The minimum atomic E-state index is -3.35. The summed E-state index contributed by atoms with van der Waals surface area (Å²) in [7, 11) is -0.338. The van der Waals surface area contributed by atoms with Gasteiger partial charge < -0.3 is 14.6 Å². The number of ether oxygens (including phenoxy) is 1. The van der Waals surface area contributed by atoms with Crippen LogP contribution < -0.4 is 5.32 Å². The maximum atomic E-state index is 12.5. The summed E-state index contributed by atoms with van der Waals surface area (Å²) in [6, 6.07) is 7.33. The maximum Gasteiger partial charge on any atom is 0.240 e. The van der Waals surface area contributed by atoms with Crippen LogP contribution in [-0.4, -0.2) is 67.3 Å². The normalized spacial score (nSPS) is 20.8. The summed E-state index contributed by atoms with van der Waals surface area (Å²) in [5, 5.41) is 2.93. The van der Waals surface area contributed by atoms with Gasteiger partial charge in [-0.3, -0.25) is 4.79 Å². The molecule has 0 spiro atoms. The second kappa shape index (κ2) is 7.34. The largest absolute Gasteiger partial charge is 0.379 e. The molecule has 2 aromatic rings. The van der Waals surface area contributed by atoms with Crippen molar-refractivity contribution in [2.75, 3.05) is 33.1 Å². The van der Waals surface area contributed by atoms with E-state index in [-0.39, 0.29) is 30.2 Å². The van der Waals surface area contributed by atoms with Gasteiger partial charge in [-0.2, -0.15) is 0 Å². The number of nitrogens with zero attached hydrogens (tertiary/aromatic N) is 3. The summed E-state index contributed by atoms with van der Waals surface area (Å²) in [5.41, 5.74) is 1.74. The number of benzene rings is 1. The molecular weight excluding hydrogens is 356 g/mol. The van der Waals surface area contributed by atoms with Gasteiger partial charge in [-0.05, 0) is 19.1 Å². The van der Waals surface area contributed by atoms with Gasteiger partial charge in [0.25, 0.3) is 0 Å². The van der Waals surface area contributed by atoms with Crippen molar-refractivity contribution in [1.29, 1.82) is 0 Å². The number of rotatable bonds is 6. The molecule has 1 aromatic heterocycles. The fraction of sp³-hybridized carbons (Fsp3) is 0.529. The first-order chi connectivity index (χ1) is 12.3. The van der Waals surface area contributed by atoms with E-state index in [2.05, 4.69) is 10.3 Å². The Balaban J connectivity index is 1.68. The van der Waals surface area contributed by atoms with Gasteiger partial charge in [0.2, 0.25) is 15.9 Å². The van der Waals surface area contributed by atoms with Crippen LogP contribution in [0.1, 0.15) is 5.82 Å². The predicted octanol–water partition coefficient (Wildman–Crippen LogP) is 0.367. The number of aryl methyl sites for hydroxylation is 1. The van der Waals surface area contributed by atoms with Crippen LogP contribution in [0.3, 0.4) is 0 Å². The van der Waals surface area contributed by atoms with Crippen LogP contribution in [0.2, 0.25) is 0 Å². The maximum absolute atomic E-state index is 12.5. The van der Waals surface area contributed by atoms with E-state index < -0.39 is 10.0 Å². The second-order valence-corrected chi connectivity index (χ2v) is 8.99. The number of carbonyl (C=O) groups is 1. The molecule has 1 saturated heterocycles. The molecule has 0 aliphatic carbocycles. The van der Waals surface area contributed by atoms with Gasteiger partial charge in [0, 0.05) is 20.0 Å². The van der Waals surface area contributed by atoms with Crippen LogP contribution in [0.15, 0.2) is 24.3 Å². The van der Waals surface area contributed by atoms with Gasteiger partial charge in [-0.25, -0.2) is 17.7 Å². The molecule has 0 unspecified atom stereocenters. The van der Waals surface area contributed by atoms with Crippen molar-refractivity contribution < 1.29 is 17.9 Å². The quantitative estimate of drug-likeness (QED) is 0.781. The standard InChI is InChI=1S/C17H24N4O4S/c1-12-18-14-6-4-5-7-16(14)21(12)8-17(22)19-15-10-25-9-13(15)11-26(23,24)20(2)3/h4-7,13,15H,8-11H2,1-3H3,(H,19,22)/t13-,15-/m0/s1. The fourth-order valence-corrected chi connectivity index (χ4v) is 4.30. The highest BCUT2D eigenvalue weighted by atomic mass is 32.2. The zero-order valence-corrected chi connectivity index (χ0v) is 16.0. The van der Waals surface area contributed by atoms with E-state index in [4.69, 9.17) is 4.74 Å². The van der Waals surface area contributed by atoms with Crippen molar-refractivity contribution in [3.8, 4) is 0 Å². The van der Waals surface area contributed by atoms with Crippen molar-refractivity contribution in [2.45, 2.75) is 19.5 Å². The molecule has 9 heteroatoms. The van der Waals surface area contributed by atoms with Crippen molar-refractivity contribution in [2.24, 2.45) is 5.92 Å². The van der Waals surface area contributed by atoms with E-state index in [0.717, 1.165) is 16.9 Å². The van der Waals surface area contributed by atoms with Crippen molar-refractivity contribution in [1.82, 2.24) is 19.2 Å². The van der Waals surface area contributed by atoms with Gasteiger partial charge in [0.05, 0.1) is 36.0 Å². The molecule has 2 heterocycles. The third kappa shape index (κ3) is 3.89. The van der Waals surface area contributed by atoms with Crippen molar-refractivity contribution in [3.05, 3.63) is 30.1 Å². The number of amides is 1. The van der Waals surface area contributed by atoms with Gasteiger partial charge in [-0.15, -0.1) is 0 Å². The molecule has 0 radical (unpaired) electrons. The average Bonchev–Trinajstić information content (AvgIpc) is 3.12. The molecule has 0 saturated carbocycles. The molecule has 1 fully saturated rings. The van der Waals surface area contributed by atoms with Crippen molar-refractivity contribution >= 4 is 27.0 Å². The second-order valence-electron chi connectivity index (χ2n) is 6.77. The Morgan fingerprint density at radius 2 is 2.08 bits per heavy atom. The molecule has 1 amide bonds. The highest BCUT2D eigenvalue weighted by molar-refractivity contribution is 7.89. The van der Waals surface area contributed by atoms with E-state index in [0.29, 0.717) is 13.2 Å². The highest BCUT2D eigenvalue weighted by Gasteiger charge is 2.34. The summed E-state index contributed by atoms with van der Waals surface area (Å²) >= 11 is 0. The first kappa shape index (κ1) is 18.8. The lowest BCUT2D eigenvalue weighted by Gasteiger charge is -2.21. The molecule has 142 valence electrons. The van der Waals surface area contributed by atoms with Crippen molar-refractivity contribution in [3.63, 3.8) is 0 Å². The average molecular weight is 380 g/mol. The minimum absolute atomic E-state index is 0.0437. The van der Waals surface area contributed by atoms with Crippen LogP contribution in [0.5, 0.6) is 0 Å². The summed E-state index contributed by atoms with van der Waals surface area (Å²) in [4.78, 5) is 17.0. The number of nitrogens with one attached hydrogen (secondary N) is 1. The van der Waals surface area contributed by atoms with E-state index in [1.165, 1.54) is 18.4 Å². The zero-order valence-electron chi connectivity index (χ0n) is 15.2. The fourth-order valence-electron chi connectivity index (χ4n) is 3.13. The lowest BCUT2D eigenvalue weighted by molar-refractivity contribution is -0.122. The van der Waals surface area contributed by atoms with E-state index in [1.807, 2.05) is 35.8 Å². The number of sulfonamides is 1.